The number of aromatic nitrogens is 2. The summed E-state index contributed by atoms with van der Waals surface area (Å²) in [6, 6.07) is 6.52. The molecule has 1 aromatic carbocycles. The first-order valence-corrected chi connectivity index (χ1v) is 5.84. The third-order valence-corrected chi connectivity index (χ3v) is 3.08. The van der Waals surface area contributed by atoms with E-state index in [1.54, 1.807) is 16.8 Å². The fourth-order valence-electron chi connectivity index (χ4n) is 2.18. The molecule has 1 heterocycles. The normalized spacial score (nSPS) is 10.6. The predicted molar refractivity (Wildman–Crippen MR) is 69.1 cm³/mol. The minimum atomic E-state index is -0.393. The van der Waals surface area contributed by atoms with E-state index in [1.165, 1.54) is 11.6 Å². The molecule has 0 unspecified atom stereocenters. The van der Waals surface area contributed by atoms with Gasteiger partial charge in [0.15, 0.2) is 0 Å². The fraction of sp³-hybridized carbons (Fsp3) is 0.308. The van der Waals surface area contributed by atoms with E-state index < -0.39 is 4.92 Å². The van der Waals surface area contributed by atoms with Crippen molar-refractivity contribution in [3.05, 3.63) is 51.3 Å². The maximum Gasteiger partial charge on any atom is 0.271 e. The van der Waals surface area contributed by atoms with Gasteiger partial charge in [0.05, 0.1) is 16.3 Å². The standard InChI is InChI=1S/C13H15N3O2/c1-4-13-9(2)14-15(10(13)3)11-6-5-7-12(8-11)16(17)18/h5-8H,4H2,1-3H3. The number of rotatable bonds is 3. The van der Waals surface area contributed by atoms with Gasteiger partial charge >= 0.3 is 0 Å². The van der Waals surface area contributed by atoms with E-state index in [0.717, 1.165) is 23.5 Å². The van der Waals surface area contributed by atoms with Crippen molar-refractivity contribution in [2.75, 3.05) is 0 Å². The molecular formula is C13H15N3O2. The van der Waals surface area contributed by atoms with Crippen molar-refractivity contribution in [3.63, 3.8) is 0 Å². The van der Waals surface area contributed by atoms with Crippen LogP contribution in [0.3, 0.4) is 0 Å². The molecule has 0 saturated heterocycles. The van der Waals surface area contributed by atoms with E-state index in [1.807, 2.05) is 19.9 Å². The van der Waals surface area contributed by atoms with Gasteiger partial charge in [-0.15, -0.1) is 0 Å². The summed E-state index contributed by atoms with van der Waals surface area (Å²) in [5.41, 5.74) is 4.01. The van der Waals surface area contributed by atoms with Crippen LogP contribution in [0.5, 0.6) is 0 Å². The smallest absolute Gasteiger partial charge is 0.258 e. The Hall–Kier alpha value is -2.17. The molecule has 0 aliphatic heterocycles. The van der Waals surface area contributed by atoms with Crippen LogP contribution in [0.15, 0.2) is 24.3 Å². The monoisotopic (exact) mass is 245 g/mol. The zero-order valence-corrected chi connectivity index (χ0v) is 10.7. The Balaban J connectivity index is 2.55. The van der Waals surface area contributed by atoms with Crippen LogP contribution in [0.4, 0.5) is 5.69 Å². The summed E-state index contributed by atoms with van der Waals surface area (Å²) >= 11 is 0. The van der Waals surface area contributed by atoms with E-state index in [0.29, 0.717) is 0 Å². The molecule has 94 valence electrons. The van der Waals surface area contributed by atoms with Crippen LogP contribution in [0.25, 0.3) is 5.69 Å². The number of hydrogen-bond donors (Lipinski definition) is 0. The molecule has 2 rings (SSSR count). The second-order valence-electron chi connectivity index (χ2n) is 4.19. The topological polar surface area (TPSA) is 61.0 Å². The lowest BCUT2D eigenvalue weighted by Crippen LogP contribution is -2.00. The van der Waals surface area contributed by atoms with Gasteiger partial charge in [-0.1, -0.05) is 13.0 Å². The molecule has 0 spiro atoms. The third kappa shape index (κ3) is 1.99. The quantitative estimate of drug-likeness (QED) is 0.617. The molecule has 0 bridgehead atoms. The molecule has 0 aliphatic carbocycles. The Labute approximate surface area is 105 Å². The van der Waals surface area contributed by atoms with Crippen LogP contribution in [0.2, 0.25) is 0 Å². The van der Waals surface area contributed by atoms with Gasteiger partial charge in [0.2, 0.25) is 0 Å². The van der Waals surface area contributed by atoms with Gasteiger partial charge < -0.3 is 0 Å². The average molecular weight is 245 g/mol. The Morgan fingerprint density at radius 3 is 2.67 bits per heavy atom. The van der Waals surface area contributed by atoms with Gasteiger partial charge in [-0.05, 0) is 31.9 Å². The minimum Gasteiger partial charge on any atom is -0.258 e. The van der Waals surface area contributed by atoms with E-state index in [9.17, 15) is 10.1 Å². The minimum absolute atomic E-state index is 0.0816. The zero-order valence-electron chi connectivity index (χ0n) is 10.7. The van der Waals surface area contributed by atoms with Crippen molar-refractivity contribution < 1.29 is 4.92 Å². The lowest BCUT2D eigenvalue weighted by Gasteiger charge is -2.04. The predicted octanol–water partition coefficient (Wildman–Crippen LogP) is 2.96. The molecule has 0 saturated carbocycles. The maximum absolute atomic E-state index is 10.8. The van der Waals surface area contributed by atoms with Gasteiger partial charge in [0, 0.05) is 17.8 Å². The maximum atomic E-state index is 10.8. The van der Waals surface area contributed by atoms with Crippen molar-refractivity contribution in [1.29, 1.82) is 0 Å². The van der Waals surface area contributed by atoms with Crippen molar-refractivity contribution in [2.24, 2.45) is 0 Å². The van der Waals surface area contributed by atoms with E-state index >= 15 is 0 Å². The van der Waals surface area contributed by atoms with Crippen LogP contribution in [-0.4, -0.2) is 14.7 Å². The first-order valence-electron chi connectivity index (χ1n) is 5.84. The Morgan fingerprint density at radius 2 is 2.11 bits per heavy atom. The van der Waals surface area contributed by atoms with Crippen molar-refractivity contribution in [1.82, 2.24) is 9.78 Å². The molecule has 5 nitrogen and oxygen atoms in total. The Morgan fingerprint density at radius 1 is 1.39 bits per heavy atom. The molecule has 2 aromatic rings. The Kier molecular flexibility index (Phi) is 3.14. The Bertz CT molecular complexity index is 602. The van der Waals surface area contributed by atoms with Gasteiger partial charge in [-0.2, -0.15) is 5.10 Å². The molecule has 0 N–H and O–H groups in total. The molecule has 5 heteroatoms. The summed E-state index contributed by atoms with van der Waals surface area (Å²) in [5.74, 6) is 0. The SMILES string of the molecule is CCc1c(C)nn(-c2cccc([N+](=O)[O-])c2)c1C. The number of aryl methyl sites for hydroxylation is 1. The molecule has 0 amide bonds. The zero-order chi connectivity index (χ0) is 13.3. The summed E-state index contributed by atoms with van der Waals surface area (Å²) in [5, 5.41) is 15.2. The van der Waals surface area contributed by atoms with Crippen LogP contribution in [0.1, 0.15) is 23.9 Å². The number of benzene rings is 1. The average Bonchev–Trinajstić information content (AvgIpc) is 2.64. The second kappa shape index (κ2) is 4.60. The van der Waals surface area contributed by atoms with Gasteiger partial charge in [-0.25, -0.2) is 4.68 Å². The van der Waals surface area contributed by atoms with E-state index in [-0.39, 0.29) is 5.69 Å². The first-order chi connectivity index (χ1) is 8.54. The lowest BCUT2D eigenvalue weighted by molar-refractivity contribution is -0.384. The molecule has 0 fully saturated rings. The number of non-ortho nitro benzene ring substituents is 1. The van der Waals surface area contributed by atoms with Crippen molar-refractivity contribution in [3.8, 4) is 5.69 Å². The van der Waals surface area contributed by atoms with Gasteiger partial charge in [0.25, 0.3) is 5.69 Å². The van der Waals surface area contributed by atoms with E-state index in [4.69, 9.17) is 0 Å². The van der Waals surface area contributed by atoms with Crippen molar-refractivity contribution >= 4 is 5.69 Å². The molecule has 0 atom stereocenters. The van der Waals surface area contributed by atoms with Gasteiger partial charge in [-0.3, -0.25) is 10.1 Å². The van der Waals surface area contributed by atoms with Crippen LogP contribution in [-0.2, 0) is 6.42 Å². The van der Waals surface area contributed by atoms with Crippen LogP contribution < -0.4 is 0 Å². The summed E-state index contributed by atoms with van der Waals surface area (Å²) < 4.78 is 1.77. The van der Waals surface area contributed by atoms with Crippen LogP contribution in [0, 0.1) is 24.0 Å². The second-order valence-corrected chi connectivity index (χ2v) is 4.19. The highest BCUT2D eigenvalue weighted by molar-refractivity contribution is 5.44. The first kappa shape index (κ1) is 12.3. The van der Waals surface area contributed by atoms with Crippen molar-refractivity contribution in [2.45, 2.75) is 27.2 Å². The molecule has 18 heavy (non-hydrogen) atoms. The third-order valence-electron chi connectivity index (χ3n) is 3.08. The summed E-state index contributed by atoms with van der Waals surface area (Å²) in [4.78, 5) is 10.4. The molecule has 1 aromatic heterocycles. The highest BCUT2D eigenvalue weighted by Gasteiger charge is 2.13. The molecular weight excluding hydrogens is 230 g/mol. The molecule has 0 radical (unpaired) electrons. The number of hydrogen-bond acceptors (Lipinski definition) is 3. The lowest BCUT2D eigenvalue weighted by atomic mass is 10.1. The number of nitro groups is 1. The summed E-state index contributed by atoms with van der Waals surface area (Å²) in [7, 11) is 0. The summed E-state index contributed by atoms with van der Waals surface area (Å²) in [6.45, 7) is 6.02. The van der Waals surface area contributed by atoms with Crippen LogP contribution >= 0.6 is 0 Å². The number of nitrogens with zero attached hydrogens (tertiary/aromatic N) is 3. The highest BCUT2D eigenvalue weighted by Crippen LogP contribution is 2.21. The molecule has 0 aliphatic rings. The highest BCUT2D eigenvalue weighted by atomic mass is 16.6. The summed E-state index contributed by atoms with van der Waals surface area (Å²) in [6.07, 6.45) is 0.909. The fourth-order valence-corrected chi connectivity index (χ4v) is 2.18. The largest absolute Gasteiger partial charge is 0.271 e. The number of nitro benzene ring substituents is 1. The van der Waals surface area contributed by atoms with E-state index in [2.05, 4.69) is 12.0 Å². The van der Waals surface area contributed by atoms with Gasteiger partial charge in [0.1, 0.15) is 0 Å².